The van der Waals surface area contributed by atoms with Crippen LogP contribution in [0.4, 0.5) is 11.4 Å². The van der Waals surface area contributed by atoms with Crippen molar-refractivity contribution in [1.29, 1.82) is 5.26 Å². The number of carbonyl (C=O) groups is 2. The normalized spacial score (nSPS) is 14.3. The van der Waals surface area contributed by atoms with E-state index in [4.69, 9.17) is 0 Å². The quantitative estimate of drug-likeness (QED) is 0.814. The van der Waals surface area contributed by atoms with E-state index < -0.39 is 11.3 Å². The first kappa shape index (κ1) is 20.4. The Kier molecular flexibility index (Phi) is 5.88. The summed E-state index contributed by atoms with van der Waals surface area (Å²) in [5, 5.41) is 11.9. The molecule has 0 spiro atoms. The molecule has 0 saturated carbocycles. The van der Waals surface area contributed by atoms with Crippen LogP contribution in [0.25, 0.3) is 0 Å². The molecule has 1 fully saturated rings. The number of piperazine rings is 1. The molecule has 3 rings (SSSR count). The molecule has 0 radical (unpaired) electrons. The Morgan fingerprint density at radius 2 is 1.72 bits per heavy atom. The summed E-state index contributed by atoms with van der Waals surface area (Å²) in [7, 11) is 0. The Balaban J connectivity index is 1.65. The van der Waals surface area contributed by atoms with Gasteiger partial charge < -0.3 is 15.1 Å². The molecule has 2 amide bonds. The van der Waals surface area contributed by atoms with E-state index in [-0.39, 0.29) is 5.91 Å². The van der Waals surface area contributed by atoms with Crippen LogP contribution >= 0.6 is 0 Å². The van der Waals surface area contributed by atoms with E-state index in [2.05, 4.69) is 41.4 Å². The molecule has 6 heteroatoms. The number of benzene rings is 2. The number of hydrogen-bond donors (Lipinski definition) is 1. The fraction of sp³-hybridized carbons (Fsp3) is 0.348. The molecule has 1 heterocycles. The Morgan fingerprint density at radius 1 is 1.03 bits per heavy atom. The fourth-order valence-corrected chi connectivity index (χ4v) is 3.45. The number of anilines is 2. The molecular formula is C23H26N4O2. The van der Waals surface area contributed by atoms with E-state index in [0.29, 0.717) is 24.3 Å². The summed E-state index contributed by atoms with van der Waals surface area (Å²) in [4.78, 5) is 29.9. The number of hydrogen-bond acceptors (Lipinski definition) is 4. The number of carbonyl (C=O) groups excluding carboxylic acids is 2. The van der Waals surface area contributed by atoms with Gasteiger partial charge in [-0.25, -0.2) is 0 Å². The van der Waals surface area contributed by atoms with Gasteiger partial charge in [0.25, 0.3) is 0 Å². The minimum atomic E-state index is -1.23. The van der Waals surface area contributed by atoms with Crippen LogP contribution in [0.15, 0.2) is 48.5 Å². The molecule has 0 atom stereocenters. The summed E-state index contributed by atoms with van der Waals surface area (Å²) in [6, 6.07) is 17.2. The second kappa shape index (κ2) is 8.36. The third-order valence-electron chi connectivity index (χ3n) is 5.33. The lowest BCUT2D eigenvalue weighted by atomic mass is 9.89. The average Bonchev–Trinajstić information content (AvgIpc) is 2.73. The number of para-hydroxylation sites is 1. The van der Waals surface area contributed by atoms with Crippen molar-refractivity contribution in [1.82, 2.24) is 4.90 Å². The topological polar surface area (TPSA) is 76.4 Å². The van der Waals surface area contributed by atoms with Crippen LogP contribution in [0.2, 0.25) is 0 Å². The molecule has 1 saturated heterocycles. The van der Waals surface area contributed by atoms with Crippen molar-refractivity contribution in [3.63, 3.8) is 0 Å². The molecule has 2 aromatic carbocycles. The van der Waals surface area contributed by atoms with E-state index >= 15 is 0 Å². The number of nitriles is 1. The zero-order chi connectivity index (χ0) is 21.0. The first-order valence-corrected chi connectivity index (χ1v) is 9.74. The second-order valence-corrected chi connectivity index (χ2v) is 7.85. The van der Waals surface area contributed by atoms with E-state index in [9.17, 15) is 14.9 Å². The molecule has 6 nitrogen and oxygen atoms in total. The lowest BCUT2D eigenvalue weighted by molar-refractivity contribution is -0.146. The van der Waals surface area contributed by atoms with Gasteiger partial charge in [-0.2, -0.15) is 5.26 Å². The number of nitrogens with zero attached hydrogens (tertiary/aromatic N) is 3. The summed E-state index contributed by atoms with van der Waals surface area (Å²) in [5.74, 6) is -0.611. The standard InChI is InChI=1S/C23H26N4O2/c1-17-7-6-9-19(15-17)26-11-13-27(14-12-26)22(29)23(2,3)21(28)25-20-10-5-4-8-18(20)16-24/h4-10,15H,11-14H2,1-3H3,(H,25,28). The van der Waals surface area contributed by atoms with Crippen molar-refractivity contribution in [3.8, 4) is 6.07 Å². The van der Waals surface area contributed by atoms with Crippen LogP contribution in [0, 0.1) is 23.7 Å². The van der Waals surface area contributed by atoms with Crippen LogP contribution in [-0.4, -0.2) is 42.9 Å². The highest BCUT2D eigenvalue weighted by atomic mass is 16.2. The number of rotatable bonds is 4. The molecule has 1 aliphatic heterocycles. The first-order chi connectivity index (χ1) is 13.8. The molecule has 1 aliphatic rings. The van der Waals surface area contributed by atoms with Crippen molar-refractivity contribution >= 4 is 23.2 Å². The predicted molar refractivity (Wildman–Crippen MR) is 114 cm³/mol. The summed E-state index contributed by atoms with van der Waals surface area (Å²) in [6.07, 6.45) is 0. The largest absolute Gasteiger partial charge is 0.368 e. The molecule has 0 aliphatic carbocycles. The van der Waals surface area contributed by atoms with Gasteiger partial charge in [0.1, 0.15) is 11.5 Å². The molecule has 1 N–H and O–H groups in total. The van der Waals surface area contributed by atoms with Crippen molar-refractivity contribution in [3.05, 3.63) is 59.7 Å². The maximum atomic E-state index is 13.1. The minimum absolute atomic E-state index is 0.201. The average molecular weight is 390 g/mol. The Labute approximate surface area is 171 Å². The van der Waals surface area contributed by atoms with Gasteiger partial charge in [0, 0.05) is 31.9 Å². The van der Waals surface area contributed by atoms with Crippen LogP contribution in [0.5, 0.6) is 0 Å². The first-order valence-electron chi connectivity index (χ1n) is 9.74. The minimum Gasteiger partial charge on any atom is -0.368 e. The van der Waals surface area contributed by atoms with Crippen molar-refractivity contribution in [2.75, 3.05) is 36.4 Å². The molecule has 150 valence electrons. The Hall–Kier alpha value is -3.33. The number of aryl methyl sites for hydroxylation is 1. The maximum absolute atomic E-state index is 13.1. The lowest BCUT2D eigenvalue weighted by Crippen LogP contribution is -2.54. The van der Waals surface area contributed by atoms with Crippen molar-refractivity contribution < 1.29 is 9.59 Å². The smallest absolute Gasteiger partial charge is 0.239 e. The van der Waals surface area contributed by atoms with E-state index in [1.165, 1.54) is 5.56 Å². The summed E-state index contributed by atoms with van der Waals surface area (Å²) in [6.45, 7) is 7.92. The van der Waals surface area contributed by atoms with Gasteiger partial charge >= 0.3 is 0 Å². The van der Waals surface area contributed by atoms with E-state index in [0.717, 1.165) is 18.8 Å². The molecule has 0 aromatic heterocycles. The SMILES string of the molecule is Cc1cccc(N2CCN(C(=O)C(C)(C)C(=O)Nc3ccccc3C#N)CC2)c1. The van der Waals surface area contributed by atoms with E-state index in [1.54, 1.807) is 43.0 Å². The number of nitrogens with one attached hydrogen (secondary N) is 1. The summed E-state index contributed by atoms with van der Waals surface area (Å²) >= 11 is 0. The highest BCUT2D eigenvalue weighted by Gasteiger charge is 2.40. The van der Waals surface area contributed by atoms with Gasteiger partial charge in [0.05, 0.1) is 11.3 Å². The highest BCUT2D eigenvalue weighted by Crippen LogP contribution is 2.25. The predicted octanol–water partition coefficient (Wildman–Crippen LogP) is 3.18. The molecule has 0 unspecified atom stereocenters. The second-order valence-electron chi connectivity index (χ2n) is 7.85. The third-order valence-corrected chi connectivity index (χ3v) is 5.33. The van der Waals surface area contributed by atoms with Crippen LogP contribution in [0.3, 0.4) is 0 Å². The number of amides is 2. The van der Waals surface area contributed by atoms with Gasteiger partial charge in [-0.15, -0.1) is 0 Å². The van der Waals surface area contributed by atoms with E-state index in [1.807, 2.05) is 6.07 Å². The lowest BCUT2D eigenvalue weighted by Gasteiger charge is -2.39. The Bertz CT molecular complexity index is 953. The van der Waals surface area contributed by atoms with Crippen LogP contribution in [0.1, 0.15) is 25.0 Å². The van der Waals surface area contributed by atoms with Gasteiger partial charge in [0.2, 0.25) is 11.8 Å². The monoisotopic (exact) mass is 390 g/mol. The van der Waals surface area contributed by atoms with Gasteiger partial charge in [-0.05, 0) is 50.6 Å². The molecule has 2 aromatic rings. The zero-order valence-electron chi connectivity index (χ0n) is 17.1. The maximum Gasteiger partial charge on any atom is 0.239 e. The Morgan fingerprint density at radius 3 is 2.38 bits per heavy atom. The van der Waals surface area contributed by atoms with Gasteiger partial charge in [-0.3, -0.25) is 9.59 Å². The summed E-state index contributed by atoms with van der Waals surface area (Å²) in [5.41, 5.74) is 1.92. The zero-order valence-corrected chi connectivity index (χ0v) is 17.1. The molecule has 29 heavy (non-hydrogen) atoms. The highest BCUT2D eigenvalue weighted by molar-refractivity contribution is 6.10. The van der Waals surface area contributed by atoms with Crippen LogP contribution in [-0.2, 0) is 9.59 Å². The molecular weight excluding hydrogens is 364 g/mol. The van der Waals surface area contributed by atoms with Gasteiger partial charge in [0.15, 0.2) is 0 Å². The van der Waals surface area contributed by atoms with Crippen LogP contribution < -0.4 is 10.2 Å². The fourth-order valence-electron chi connectivity index (χ4n) is 3.45. The molecule has 0 bridgehead atoms. The van der Waals surface area contributed by atoms with Crippen molar-refractivity contribution in [2.45, 2.75) is 20.8 Å². The summed E-state index contributed by atoms with van der Waals surface area (Å²) < 4.78 is 0. The van der Waals surface area contributed by atoms with Crippen molar-refractivity contribution in [2.24, 2.45) is 5.41 Å². The third kappa shape index (κ3) is 4.40. The van der Waals surface area contributed by atoms with Gasteiger partial charge in [-0.1, -0.05) is 24.3 Å².